The summed E-state index contributed by atoms with van der Waals surface area (Å²) < 4.78 is 52.4. The molecule has 0 bridgehead atoms. The van der Waals surface area contributed by atoms with Crippen LogP contribution in [0.1, 0.15) is 22.3 Å². The SMILES string of the molecule is Cc1cc(S(=O)(=O)NCCc2c3c(cc4c2OCC4)OCC3)ccc1F. The molecule has 2 aliphatic heterocycles. The Morgan fingerprint density at radius 3 is 2.77 bits per heavy atom. The number of hydrogen-bond acceptors (Lipinski definition) is 4. The summed E-state index contributed by atoms with van der Waals surface area (Å²) in [6.07, 6.45) is 2.18. The summed E-state index contributed by atoms with van der Waals surface area (Å²) in [5, 5.41) is 0. The third-order valence-corrected chi connectivity index (χ3v) is 6.33. The summed E-state index contributed by atoms with van der Waals surface area (Å²) in [5.41, 5.74) is 3.57. The molecule has 1 N–H and O–H groups in total. The van der Waals surface area contributed by atoms with Gasteiger partial charge in [-0.1, -0.05) is 0 Å². The van der Waals surface area contributed by atoms with Gasteiger partial charge in [0.2, 0.25) is 10.0 Å². The minimum atomic E-state index is -3.69. The Hall–Kier alpha value is -2.12. The molecule has 7 heteroatoms. The van der Waals surface area contributed by atoms with Gasteiger partial charge in [0.05, 0.1) is 18.1 Å². The Balaban J connectivity index is 1.53. The van der Waals surface area contributed by atoms with Crippen molar-refractivity contribution in [1.82, 2.24) is 4.72 Å². The monoisotopic (exact) mass is 377 g/mol. The van der Waals surface area contributed by atoms with Crippen LogP contribution in [0.4, 0.5) is 4.39 Å². The first kappa shape index (κ1) is 17.3. The Bertz CT molecular complexity index is 940. The first-order valence-corrected chi connectivity index (χ1v) is 10.1. The van der Waals surface area contributed by atoms with Crippen molar-refractivity contribution in [2.75, 3.05) is 19.8 Å². The second-order valence-corrected chi connectivity index (χ2v) is 8.34. The maximum Gasteiger partial charge on any atom is 0.240 e. The molecule has 0 unspecified atom stereocenters. The highest BCUT2D eigenvalue weighted by molar-refractivity contribution is 7.89. The topological polar surface area (TPSA) is 64.6 Å². The highest BCUT2D eigenvalue weighted by atomic mass is 32.2. The molecule has 0 aliphatic carbocycles. The number of aryl methyl sites for hydroxylation is 1. The zero-order chi connectivity index (χ0) is 18.3. The number of ether oxygens (including phenoxy) is 2. The van der Waals surface area contributed by atoms with Crippen molar-refractivity contribution in [3.63, 3.8) is 0 Å². The Morgan fingerprint density at radius 2 is 1.96 bits per heavy atom. The average Bonchev–Trinajstić information content (AvgIpc) is 3.25. The molecule has 0 saturated carbocycles. The first-order valence-electron chi connectivity index (χ1n) is 8.65. The van der Waals surface area contributed by atoms with Crippen molar-refractivity contribution in [1.29, 1.82) is 0 Å². The molecule has 2 heterocycles. The van der Waals surface area contributed by atoms with Crippen LogP contribution in [-0.4, -0.2) is 28.2 Å². The van der Waals surface area contributed by atoms with E-state index in [1.165, 1.54) is 18.2 Å². The number of halogens is 1. The van der Waals surface area contributed by atoms with Crippen molar-refractivity contribution in [2.45, 2.75) is 31.1 Å². The fourth-order valence-electron chi connectivity index (χ4n) is 3.53. The van der Waals surface area contributed by atoms with E-state index in [9.17, 15) is 12.8 Å². The molecule has 2 aromatic carbocycles. The summed E-state index contributed by atoms with van der Waals surface area (Å²) in [5.74, 6) is 1.35. The quantitative estimate of drug-likeness (QED) is 0.870. The predicted octanol–water partition coefficient (Wildman–Crippen LogP) is 2.52. The van der Waals surface area contributed by atoms with Crippen molar-refractivity contribution < 1.29 is 22.3 Å². The van der Waals surface area contributed by atoms with Crippen LogP contribution in [0.5, 0.6) is 11.5 Å². The van der Waals surface area contributed by atoms with Gasteiger partial charge in [0.15, 0.2) is 0 Å². The molecule has 26 heavy (non-hydrogen) atoms. The van der Waals surface area contributed by atoms with Crippen LogP contribution in [0.15, 0.2) is 29.2 Å². The molecule has 2 aliphatic rings. The zero-order valence-corrected chi connectivity index (χ0v) is 15.3. The van der Waals surface area contributed by atoms with E-state index >= 15 is 0 Å². The van der Waals surface area contributed by atoms with E-state index in [4.69, 9.17) is 9.47 Å². The zero-order valence-electron chi connectivity index (χ0n) is 14.5. The van der Waals surface area contributed by atoms with Crippen LogP contribution in [0.2, 0.25) is 0 Å². The lowest BCUT2D eigenvalue weighted by Crippen LogP contribution is -2.26. The van der Waals surface area contributed by atoms with E-state index in [2.05, 4.69) is 4.72 Å². The highest BCUT2D eigenvalue weighted by Crippen LogP contribution is 2.40. The molecule has 138 valence electrons. The fraction of sp³-hybridized carbons (Fsp3) is 0.368. The Kier molecular flexibility index (Phi) is 4.36. The normalized spacial score (nSPS) is 15.3. The van der Waals surface area contributed by atoms with Gasteiger partial charge in [-0.25, -0.2) is 17.5 Å². The van der Waals surface area contributed by atoms with E-state index < -0.39 is 15.8 Å². The van der Waals surface area contributed by atoms with Crippen LogP contribution in [0, 0.1) is 12.7 Å². The molecular formula is C19H20FNO4S. The van der Waals surface area contributed by atoms with Gasteiger partial charge in [-0.3, -0.25) is 0 Å². The van der Waals surface area contributed by atoms with Gasteiger partial charge in [0, 0.05) is 36.1 Å². The van der Waals surface area contributed by atoms with Crippen LogP contribution < -0.4 is 14.2 Å². The van der Waals surface area contributed by atoms with E-state index in [0.717, 1.165) is 41.0 Å². The van der Waals surface area contributed by atoms with E-state index in [1.807, 2.05) is 6.07 Å². The van der Waals surface area contributed by atoms with Crippen molar-refractivity contribution in [3.8, 4) is 11.5 Å². The van der Waals surface area contributed by atoms with Gasteiger partial charge >= 0.3 is 0 Å². The summed E-state index contributed by atoms with van der Waals surface area (Å²) in [7, 11) is -3.69. The molecule has 0 aromatic heterocycles. The van der Waals surface area contributed by atoms with Gasteiger partial charge in [-0.15, -0.1) is 0 Å². The lowest BCUT2D eigenvalue weighted by Gasteiger charge is -2.13. The predicted molar refractivity (Wildman–Crippen MR) is 94.9 cm³/mol. The number of hydrogen-bond donors (Lipinski definition) is 1. The summed E-state index contributed by atoms with van der Waals surface area (Å²) in [6.45, 7) is 3.07. The molecule has 5 nitrogen and oxygen atoms in total. The molecular weight excluding hydrogens is 357 g/mol. The van der Waals surface area contributed by atoms with Crippen molar-refractivity contribution in [3.05, 3.63) is 52.3 Å². The Morgan fingerprint density at radius 1 is 1.15 bits per heavy atom. The van der Waals surface area contributed by atoms with Crippen molar-refractivity contribution in [2.24, 2.45) is 0 Å². The van der Waals surface area contributed by atoms with E-state index in [-0.39, 0.29) is 11.4 Å². The van der Waals surface area contributed by atoms with E-state index in [1.54, 1.807) is 6.92 Å². The third kappa shape index (κ3) is 3.05. The van der Waals surface area contributed by atoms with Crippen LogP contribution in [0.25, 0.3) is 0 Å². The number of sulfonamides is 1. The largest absolute Gasteiger partial charge is 0.493 e. The Labute approximate surface area is 152 Å². The first-order chi connectivity index (χ1) is 12.5. The number of benzene rings is 2. The summed E-state index contributed by atoms with van der Waals surface area (Å²) >= 11 is 0. The molecule has 0 fully saturated rings. The van der Waals surface area contributed by atoms with Gasteiger partial charge in [0.1, 0.15) is 17.3 Å². The smallest absolute Gasteiger partial charge is 0.240 e. The summed E-state index contributed by atoms with van der Waals surface area (Å²) in [4.78, 5) is 0.0690. The third-order valence-electron chi connectivity index (χ3n) is 4.87. The van der Waals surface area contributed by atoms with Gasteiger partial charge < -0.3 is 9.47 Å². The molecule has 2 aromatic rings. The maximum absolute atomic E-state index is 13.4. The number of rotatable bonds is 5. The number of fused-ring (bicyclic) bond motifs is 2. The van der Waals surface area contributed by atoms with E-state index in [0.29, 0.717) is 25.2 Å². The second-order valence-electron chi connectivity index (χ2n) is 6.58. The lowest BCUT2D eigenvalue weighted by atomic mass is 9.97. The minimum Gasteiger partial charge on any atom is -0.493 e. The molecule has 0 saturated heterocycles. The van der Waals surface area contributed by atoms with Crippen LogP contribution in [-0.2, 0) is 29.3 Å². The molecule has 0 radical (unpaired) electrons. The maximum atomic E-state index is 13.4. The van der Waals surface area contributed by atoms with Gasteiger partial charge in [0.25, 0.3) is 0 Å². The fourth-order valence-corrected chi connectivity index (χ4v) is 4.64. The minimum absolute atomic E-state index is 0.0690. The molecule has 0 spiro atoms. The lowest BCUT2D eigenvalue weighted by molar-refractivity contribution is 0.353. The standard InChI is InChI=1S/C19H20FNO4S/c1-12-10-14(2-3-17(12)20)26(22,23)21-7-4-16-15-6-9-24-18(15)11-13-5-8-25-19(13)16/h2-3,10-11,21H,4-9H2,1H3. The van der Waals surface area contributed by atoms with Crippen LogP contribution in [0.3, 0.4) is 0 Å². The average molecular weight is 377 g/mol. The summed E-state index contributed by atoms with van der Waals surface area (Å²) in [6, 6.07) is 5.83. The van der Waals surface area contributed by atoms with Gasteiger partial charge in [-0.2, -0.15) is 0 Å². The second kappa shape index (κ2) is 6.55. The molecule has 0 atom stereocenters. The molecule has 0 amide bonds. The number of nitrogens with one attached hydrogen (secondary N) is 1. The van der Waals surface area contributed by atoms with Crippen LogP contribution >= 0.6 is 0 Å². The van der Waals surface area contributed by atoms with Gasteiger partial charge in [-0.05, 0) is 43.2 Å². The van der Waals surface area contributed by atoms with Crippen molar-refractivity contribution >= 4 is 10.0 Å². The molecule has 4 rings (SSSR count). The highest BCUT2D eigenvalue weighted by Gasteiger charge is 2.26.